The highest BCUT2D eigenvalue weighted by molar-refractivity contribution is 5.77. The molecule has 0 aliphatic rings. The summed E-state index contributed by atoms with van der Waals surface area (Å²) in [5.74, 6) is -0.488. The van der Waals surface area contributed by atoms with Gasteiger partial charge in [-0.2, -0.15) is 0 Å². The van der Waals surface area contributed by atoms with Crippen molar-refractivity contribution in [1.29, 1.82) is 0 Å². The molecule has 0 spiro atoms. The predicted octanol–water partition coefficient (Wildman–Crippen LogP) is 15.3. The number of ether oxygens (including phenoxy) is 1. The van der Waals surface area contributed by atoms with Crippen molar-refractivity contribution in [2.24, 2.45) is 0 Å². The van der Waals surface area contributed by atoms with Crippen LogP contribution in [0.15, 0.2) is 12.2 Å². The highest BCUT2D eigenvalue weighted by Crippen LogP contribution is 2.18. The Morgan fingerprint density at radius 1 is 0.483 bits per heavy atom. The average molecular weight is 820 g/mol. The van der Waals surface area contributed by atoms with E-state index >= 15 is 0 Å². The molecule has 0 fully saturated rings. The lowest BCUT2D eigenvalue weighted by molar-refractivity contribution is -0.151. The molecule has 0 aromatic rings. The third kappa shape index (κ3) is 41.3. The SMILES string of the molecule is CCCCCCCC/C=C\CCCC(CC(=O)NC(CO)C(O)CCCCCCCCCCCCCCCCC)OC(=O)CCCCCCCCCCCCCCC. The van der Waals surface area contributed by atoms with Crippen molar-refractivity contribution < 1.29 is 24.5 Å². The van der Waals surface area contributed by atoms with E-state index in [1.165, 1.54) is 186 Å². The van der Waals surface area contributed by atoms with Gasteiger partial charge in [0.25, 0.3) is 0 Å². The van der Waals surface area contributed by atoms with Gasteiger partial charge in [0.2, 0.25) is 5.91 Å². The molecule has 0 aliphatic carbocycles. The Hall–Kier alpha value is -1.40. The van der Waals surface area contributed by atoms with E-state index in [0.29, 0.717) is 19.3 Å². The smallest absolute Gasteiger partial charge is 0.306 e. The van der Waals surface area contributed by atoms with Crippen LogP contribution in [0.25, 0.3) is 0 Å². The molecule has 0 radical (unpaired) electrons. The Bertz CT molecular complexity index is 878. The van der Waals surface area contributed by atoms with Crippen LogP contribution in [0, 0.1) is 0 Å². The van der Waals surface area contributed by atoms with Crippen LogP contribution in [0.4, 0.5) is 0 Å². The van der Waals surface area contributed by atoms with E-state index in [2.05, 4.69) is 38.2 Å². The Kier molecular flexibility index (Phi) is 45.5. The first-order valence-corrected chi connectivity index (χ1v) is 25.9. The summed E-state index contributed by atoms with van der Waals surface area (Å²) < 4.78 is 5.91. The van der Waals surface area contributed by atoms with Gasteiger partial charge in [-0.15, -0.1) is 0 Å². The minimum absolute atomic E-state index is 0.0635. The lowest BCUT2D eigenvalue weighted by atomic mass is 10.0. The number of amides is 1. The van der Waals surface area contributed by atoms with Gasteiger partial charge in [0, 0.05) is 6.42 Å². The molecule has 58 heavy (non-hydrogen) atoms. The zero-order valence-corrected chi connectivity index (χ0v) is 39.2. The summed E-state index contributed by atoms with van der Waals surface area (Å²) in [4.78, 5) is 26.1. The minimum atomic E-state index is -0.788. The van der Waals surface area contributed by atoms with Crippen molar-refractivity contribution in [3.05, 3.63) is 12.2 Å². The van der Waals surface area contributed by atoms with Crippen LogP contribution in [-0.4, -0.2) is 46.9 Å². The molecule has 0 aromatic heterocycles. The van der Waals surface area contributed by atoms with Gasteiger partial charge in [0.1, 0.15) is 6.10 Å². The van der Waals surface area contributed by atoms with E-state index in [4.69, 9.17) is 4.74 Å². The van der Waals surface area contributed by atoms with Gasteiger partial charge in [0.05, 0.1) is 25.2 Å². The Labute approximate surface area is 361 Å². The molecule has 3 atom stereocenters. The van der Waals surface area contributed by atoms with Gasteiger partial charge in [-0.3, -0.25) is 9.59 Å². The number of rotatable bonds is 47. The van der Waals surface area contributed by atoms with E-state index in [9.17, 15) is 19.8 Å². The first-order chi connectivity index (χ1) is 28.5. The molecular weight excluding hydrogens is 719 g/mol. The highest BCUT2D eigenvalue weighted by atomic mass is 16.5. The van der Waals surface area contributed by atoms with E-state index in [1.807, 2.05) is 0 Å². The molecule has 0 aromatic carbocycles. The largest absolute Gasteiger partial charge is 0.462 e. The number of allylic oxidation sites excluding steroid dienone is 2. The molecular formula is C52H101NO5. The average Bonchev–Trinajstić information content (AvgIpc) is 3.22. The summed E-state index contributed by atoms with van der Waals surface area (Å²) in [6.45, 7) is 6.48. The van der Waals surface area contributed by atoms with Gasteiger partial charge in [0.15, 0.2) is 0 Å². The van der Waals surface area contributed by atoms with Gasteiger partial charge < -0.3 is 20.3 Å². The van der Waals surface area contributed by atoms with E-state index in [-0.39, 0.29) is 24.9 Å². The van der Waals surface area contributed by atoms with Crippen molar-refractivity contribution in [1.82, 2.24) is 5.32 Å². The van der Waals surface area contributed by atoms with Crippen LogP contribution < -0.4 is 5.32 Å². The molecule has 0 saturated carbocycles. The van der Waals surface area contributed by atoms with Crippen LogP contribution in [0.5, 0.6) is 0 Å². The van der Waals surface area contributed by atoms with Crippen LogP contribution in [0.2, 0.25) is 0 Å². The number of hydrogen-bond acceptors (Lipinski definition) is 5. The molecule has 6 heteroatoms. The summed E-state index contributed by atoms with van der Waals surface area (Å²) in [6, 6.07) is -0.703. The van der Waals surface area contributed by atoms with E-state index < -0.39 is 18.2 Å². The molecule has 0 heterocycles. The molecule has 0 saturated heterocycles. The lowest BCUT2D eigenvalue weighted by Gasteiger charge is -2.24. The quantitative estimate of drug-likeness (QED) is 0.0323. The van der Waals surface area contributed by atoms with Gasteiger partial charge in [-0.05, 0) is 44.9 Å². The lowest BCUT2D eigenvalue weighted by Crippen LogP contribution is -2.46. The molecule has 0 rings (SSSR count). The molecule has 0 aliphatic heterocycles. The van der Waals surface area contributed by atoms with E-state index in [1.54, 1.807) is 0 Å². The van der Waals surface area contributed by atoms with Gasteiger partial charge >= 0.3 is 5.97 Å². The zero-order chi connectivity index (χ0) is 42.4. The number of aliphatic hydroxyl groups excluding tert-OH is 2. The normalized spacial score (nSPS) is 13.3. The van der Waals surface area contributed by atoms with Crippen molar-refractivity contribution in [2.75, 3.05) is 6.61 Å². The topological polar surface area (TPSA) is 95.9 Å². The minimum Gasteiger partial charge on any atom is -0.462 e. The molecule has 344 valence electrons. The number of hydrogen-bond donors (Lipinski definition) is 3. The molecule has 0 bridgehead atoms. The van der Waals surface area contributed by atoms with Gasteiger partial charge in [-0.25, -0.2) is 0 Å². The maximum atomic E-state index is 13.2. The van der Waals surface area contributed by atoms with E-state index in [0.717, 1.165) is 51.4 Å². The summed E-state index contributed by atoms with van der Waals surface area (Å²) >= 11 is 0. The fourth-order valence-electron chi connectivity index (χ4n) is 8.14. The summed E-state index contributed by atoms with van der Waals surface area (Å²) in [5, 5.41) is 23.8. The molecule has 3 N–H and O–H groups in total. The Morgan fingerprint density at radius 3 is 1.26 bits per heavy atom. The maximum Gasteiger partial charge on any atom is 0.306 e. The van der Waals surface area contributed by atoms with Crippen molar-refractivity contribution in [2.45, 2.75) is 302 Å². The second kappa shape index (κ2) is 46.7. The number of aliphatic hydroxyl groups is 2. The van der Waals surface area contributed by atoms with Crippen LogP contribution in [0.3, 0.4) is 0 Å². The standard InChI is InChI=1S/C52H101NO5/c1-4-7-10-13-16-19-22-24-25-27-29-32-35-38-41-44-50(55)49(47-54)53-51(56)46-48(43-40-37-34-31-28-21-18-15-12-9-6-3)58-52(57)45-42-39-36-33-30-26-23-20-17-14-11-8-5-2/h31,34,48-50,54-55H,4-30,32-33,35-47H2,1-3H3,(H,53,56)/b34-31-. The third-order valence-electron chi connectivity index (χ3n) is 12.1. The second-order valence-electron chi connectivity index (χ2n) is 17.9. The fourth-order valence-corrected chi connectivity index (χ4v) is 8.14. The number of unbranched alkanes of at least 4 members (excludes halogenated alkanes) is 33. The van der Waals surface area contributed by atoms with Gasteiger partial charge in [-0.1, -0.05) is 238 Å². The highest BCUT2D eigenvalue weighted by Gasteiger charge is 2.24. The Morgan fingerprint density at radius 2 is 0.845 bits per heavy atom. The third-order valence-corrected chi connectivity index (χ3v) is 12.1. The predicted molar refractivity (Wildman–Crippen MR) is 250 cm³/mol. The van der Waals surface area contributed by atoms with Crippen LogP contribution in [-0.2, 0) is 14.3 Å². The molecule has 6 nitrogen and oxygen atoms in total. The first-order valence-electron chi connectivity index (χ1n) is 25.9. The summed E-state index contributed by atoms with van der Waals surface area (Å²) in [6.07, 6.45) is 51.3. The van der Waals surface area contributed by atoms with Crippen molar-refractivity contribution >= 4 is 11.9 Å². The Balaban J connectivity index is 4.50. The number of carbonyl (C=O) groups excluding carboxylic acids is 2. The monoisotopic (exact) mass is 820 g/mol. The number of carbonyl (C=O) groups is 2. The van der Waals surface area contributed by atoms with Crippen molar-refractivity contribution in [3.8, 4) is 0 Å². The maximum absolute atomic E-state index is 13.2. The number of esters is 1. The van der Waals surface area contributed by atoms with Crippen molar-refractivity contribution in [3.63, 3.8) is 0 Å². The number of nitrogens with one attached hydrogen (secondary N) is 1. The second-order valence-corrected chi connectivity index (χ2v) is 17.9. The summed E-state index contributed by atoms with van der Waals surface area (Å²) in [5.41, 5.74) is 0. The fraction of sp³-hybridized carbons (Fsp3) is 0.923. The molecule has 1 amide bonds. The zero-order valence-electron chi connectivity index (χ0n) is 39.2. The van der Waals surface area contributed by atoms with Crippen LogP contribution >= 0.6 is 0 Å². The van der Waals surface area contributed by atoms with Crippen LogP contribution in [0.1, 0.15) is 284 Å². The molecule has 3 unspecified atom stereocenters. The summed E-state index contributed by atoms with van der Waals surface area (Å²) in [7, 11) is 0. The first kappa shape index (κ1) is 56.6.